The number of sulfone groups is 1. The van der Waals surface area contributed by atoms with E-state index in [2.05, 4.69) is 60.2 Å². The van der Waals surface area contributed by atoms with E-state index in [0.717, 1.165) is 29.4 Å². The molecule has 4 atom stereocenters. The number of methoxy groups -OCH3 is 1. The number of aromatic nitrogens is 3. The van der Waals surface area contributed by atoms with Crippen molar-refractivity contribution in [2.24, 2.45) is 11.8 Å². The predicted molar refractivity (Wildman–Crippen MR) is 158 cm³/mol. The summed E-state index contributed by atoms with van der Waals surface area (Å²) in [6.45, 7) is 8.39. The van der Waals surface area contributed by atoms with Gasteiger partial charge >= 0.3 is 0 Å². The van der Waals surface area contributed by atoms with Gasteiger partial charge in [0.25, 0.3) is 0 Å². The Morgan fingerprint density at radius 2 is 1.98 bits per heavy atom. The molecular formula is C29H37N7O3S. The van der Waals surface area contributed by atoms with Crippen molar-refractivity contribution in [2.45, 2.75) is 45.3 Å². The van der Waals surface area contributed by atoms with Crippen LogP contribution in [0.5, 0.6) is 0 Å². The van der Waals surface area contributed by atoms with Crippen molar-refractivity contribution in [3.05, 3.63) is 42.2 Å². The largest absolute Gasteiger partial charge is 0.380 e. The molecular weight excluding hydrogens is 526 g/mol. The van der Waals surface area contributed by atoms with E-state index in [0.29, 0.717) is 36.6 Å². The number of pyridine rings is 1. The average Bonchev–Trinajstić information content (AvgIpc) is 2.93. The van der Waals surface area contributed by atoms with E-state index in [1.54, 1.807) is 13.3 Å². The second-order valence-corrected chi connectivity index (χ2v) is 13.5. The fourth-order valence-electron chi connectivity index (χ4n) is 5.88. The van der Waals surface area contributed by atoms with Crippen molar-refractivity contribution in [3.63, 3.8) is 0 Å². The molecule has 2 aliphatic heterocycles. The maximum atomic E-state index is 11.8. The highest BCUT2D eigenvalue weighted by Gasteiger charge is 2.38. The molecule has 4 heterocycles. The molecule has 0 spiro atoms. The van der Waals surface area contributed by atoms with Gasteiger partial charge in [-0.2, -0.15) is 10.2 Å². The number of nitriles is 1. The monoisotopic (exact) mass is 563 g/mol. The van der Waals surface area contributed by atoms with Crippen molar-refractivity contribution < 1.29 is 13.2 Å². The molecule has 0 amide bonds. The van der Waals surface area contributed by atoms with Crippen molar-refractivity contribution in [2.75, 3.05) is 53.9 Å². The van der Waals surface area contributed by atoms with E-state index in [-0.39, 0.29) is 29.7 Å². The Bertz CT molecular complexity index is 1540. The molecule has 2 aromatic heterocycles. The Labute approximate surface area is 236 Å². The summed E-state index contributed by atoms with van der Waals surface area (Å²) in [7, 11) is -1.37. The topological polar surface area (TPSA) is 124 Å². The zero-order valence-corrected chi connectivity index (χ0v) is 24.5. The molecule has 1 N–H and O–H groups in total. The number of hydrogen-bond acceptors (Lipinski definition) is 10. The van der Waals surface area contributed by atoms with E-state index in [1.165, 1.54) is 11.8 Å². The van der Waals surface area contributed by atoms with E-state index in [1.807, 2.05) is 17.2 Å². The van der Waals surface area contributed by atoms with Crippen LogP contribution in [0.3, 0.4) is 0 Å². The van der Waals surface area contributed by atoms with Crippen molar-refractivity contribution in [3.8, 4) is 6.07 Å². The second-order valence-electron chi connectivity index (χ2n) is 11.3. The van der Waals surface area contributed by atoms with Crippen molar-refractivity contribution in [1.29, 1.82) is 5.26 Å². The summed E-state index contributed by atoms with van der Waals surface area (Å²) < 4.78 is 29.2. The van der Waals surface area contributed by atoms with Gasteiger partial charge in [0.05, 0.1) is 23.8 Å². The van der Waals surface area contributed by atoms with Gasteiger partial charge in [0.15, 0.2) is 0 Å². The van der Waals surface area contributed by atoms with Gasteiger partial charge in [-0.3, -0.25) is 0 Å². The minimum atomic E-state index is -3.02. The molecule has 5 rings (SSSR count). The fourth-order valence-corrected chi connectivity index (χ4v) is 7.04. The third kappa shape index (κ3) is 5.69. The Morgan fingerprint density at radius 3 is 2.65 bits per heavy atom. The number of anilines is 4. The van der Waals surface area contributed by atoms with E-state index in [9.17, 15) is 13.7 Å². The average molecular weight is 564 g/mol. The molecule has 2 saturated heterocycles. The molecule has 2 aliphatic rings. The number of nitrogens with zero attached hydrogens (tertiary/aromatic N) is 6. The van der Waals surface area contributed by atoms with Gasteiger partial charge in [-0.15, -0.1) is 0 Å². The Balaban J connectivity index is 1.40. The molecule has 0 bridgehead atoms. The molecule has 0 aliphatic carbocycles. The first-order chi connectivity index (χ1) is 19.1. The molecule has 2 fully saturated rings. The lowest BCUT2D eigenvalue weighted by Crippen LogP contribution is -2.57. The van der Waals surface area contributed by atoms with Gasteiger partial charge in [-0.1, -0.05) is 19.9 Å². The van der Waals surface area contributed by atoms with Gasteiger partial charge in [-0.05, 0) is 48.4 Å². The molecule has 1 aromatic carbocycles. The first-order valence-electron chi connectivity index (χ1n) is 13.7. The predicted octanol–water partition coefficient (Wildman–Crippen LogP) is 4.13. The van der Waals surface area contributed by atoms with Crippen LogP contribution >= 0.6 is 0 Å². The summed E-state index contributed by atoms with van der Waals surface area (Å²) >= 11 is 0. The lowest BCUT2D eigenvalue weighted by Gasteiger charge is -2.48. The lowest BCUT2D eigenvalue weighted by molar-refractivity contribution is 0.0566. The number of benzene rings is 1. The standard InChI is InChI=1S/C29H37N7O3S/c1-18(2)22-6-7-25(36-16-21(19(36)3)17-40(5,37)38)24-14-32-28(12-23(22)24)33-27-8-10-31-29(34-27)35-11-9-26(39-4)20(13-30)15-35/h6-8,10,12,14,18-21,26H,9,11,15-17H2,1-5H3,(H,31,32,33,34)/t19-,20?,21-,26-/m1/s1. The molecule has 1 unspecified atom stereocenters. The van der Waals surface area contributed by atoms with Crippen LogP contribution in [-0.4, -0.2) is 74.3 Å². The van der Waals surface area contributed by atoms with Gasteiger partial charge in [-0.25, -0.2) is 18.4 Å². The highest BCUT2D eigenvalue weighted by atomic mass is 32.2. The Morgan fingerprint density at radius 1 is 1.18 bits per heavy atom. The third-order valence-corrected chi connectivity index (χ3v) is 9.20. The summed E-state index contributed by atoms with van der Waals surface area (Å²) in [5.41, 5.74) is 2.29. The summed E-state index contributed by atoms with van der Waals surface area (Å²) in [5, 5.41) is 15.1. The lowest BCUT2D eigenvalue weighted by atomic mass is 9.88. The zero-order valence-electron chi connectivity index (χ0n) is 23.7. The quantitative estimate of drug-likeness (QED) is 0.428. The van der Waals surface area contributed by atoms with Gasteiger partial charge < -0.3 is 19.9 Å². The smallest absolute Gasteiger partial charge is 0.227 e. The number of nitrogens with one attached hydrogen (secondary N) is 1. The number of ether oxygens (including phenoxy) is 1. The summed E-state index contributed by atoms with van der Waals surface area (Å²) in [6.07, 6.45) is 5.58. The second kappa shape index (κ2) is 11.2. The number of rotatable bonds is 8. The van der Waals surface area contributed by atoms with Crippen LogP contribution in [0.15, 0.2) is 36.7 Å². The van der Waals surface area contributed by atoms with Crippen LogP contribution in [0.2, 0.25) is 0 Å². The fraction of sp³-hybridized carbons (Fsp3) is 0.517. The first-order valence-corrected chi connectivity index (χ1v) is 15.8. The third-order valence-electron chi connectivity index (χ3n) is 8.16. The van der Waals surface area contributed by atoms with Crippen LogP contribution in [0.4, 0.5) is 23.3 Å². The van der Waals surface area contributed by atoms with Crippen LogP contribution in [0.25, 0.3) is 10.8 Å². The maximum absolute atomic E-state index is 11.8. The van der Waals surface area contributed by atoms with Gasteiger partial charge in [0.2, 0.25) is 5.95 Å². The summed E-state index contributed by atoms with van der Waals surface area (Å²) in [5.74, 6) is 2.28. The Kier molecular flexibility index (Phi) is 7.84. The van der Waals surface area contributed by atoms with E-state index < -0.39 is 9.84 Å². The van der Waals surface area contributed by atoms with Crippen LogP contribution in [0, 0.1) is 23.2 Å². The van der Waals surface area contributed by atoms with E-state index >= 15 is 0 Å². The Hall–Kier alpha value is -3.49. The van der Waals surface area contributed by atoms with Gasteiger partial charge in [0, 0.05) is 68.4 Å². The first kappa shape index (κ1) is 28.1. The minimum Gasteiger partial charge on any atom is -0.380 e. The van der Waals surface area contributed by atoms with Crippen LogP contribution in [0.1, 0.15) is 38.7 Å². The van der Waals surface area contributed by atoms with Gasteiger partial charge in [0.1, 0.15) is 21.5 Å². The zero-order chi connectivity index (χ0) is 28.6. The normalized spacial score (nSPS) is 23.2. The minimum absolute atomic E-state index is 0.0748. The SMILES string of the molecule is CO[C@@H]1CCN(c2nccc(Nc3cc4c(C(C)C)ccc(N5C[C@H](CS(C)(=O)=O)[C@H]5C)c4cn3)n2)CC1C#N. The number of piperidine rings is 1. The molecule has 212 valence electrons. The van der Waals surface area contributed by atoms with Crippen molar-refractivity contribution >= 4 is 43.9 Å². The van der Waals surface area contributed by atoms with Crippen LogP contribution < -0.4 is 15.1 Å². The summed E-state index contributed by atoms with van der Waals surface area (Å²) in [4.78, 5) is 18.2. The number of fused-ring (bicyclic) bond motifs is 1. The molecule has 10 nitrogen and oxygen atoms in total. The molecule has 40 heavy (non-hydrogen) atoms. The maximum Gasteiger partial charge on any atom is 0.227 e. The van der Waals surface area contributed by atoms with E-state index in [4.69, 9.17) is 14.7 Å². The highest BCUT2D eigenvalue weighted by molar-refractivity contribution is 7.90. The summed E-state index contributed by atoms with van der Waals surface area (Å²) in [6, 6.07) is 10.7. The molecule has 3 aromatic rings. The van der Waals surface area contributed by atoms with Crippen LogP contribution in [-0.2, 0) is 14.6 Å². The van der Waals surface area contributed by atoms with Crippen molar-refractivity contribution in [1.82, 2.24) is 15.0 Å². The highest BCUT2D eigenvalue weighted by Crippen LogP contribution is 2.39. The molecule has 0 radical (unpaired) electrons. The molecule has 0 saturated carbocycles. The molecule has 11 heteroatoms. The number of hydrogen-bond donors (Lipinski definition) is 1.